The van der Waals surface area contributed by atoms with Crippen LogP contribution in [0.4, 0.5) is 8.78 Å². The second kappa shape index (κ2) is 5.71. The molecule has 0 aromatic carbocycles. The maximum Gasteiger partial charge on any atom is 0.345 e. The van der Waals surface area contributed by atoms with Crippen molar-refractivity contribution in [2.24, 2.45) is 0 Å². The standard InChI is InChI=1S/C14H16F2N2O2S/c15-12(16)11-9-7-10(14(19)20)21-13(9)18(17-11)8-5-3-1-2-4-6-8/h7-8,12H,1-6H2,(H,19,20). The van der Waals surface area contributed by atoms with E-state index in [0.717, 1.165) is 49.9 Å². The fourth-order valence-electron chi connectivity index (χ4n) is 2.97. The summed E-state index contributed by atoms with van der Waals surface area (Å²) in [6.45, 7) is 0. The molecule has 2 heterocycles. The smallest absolute Gasteiger partial charge is 0.345 e. The van der Waals surface area contributed by atoms with Crippen molar-refractivity contribution in [2.45, 2.75) is 51.0 Å². The van der Waals surface area contributed by atoms with Crippen molar-refractivity contribution in [3.05, 3.63) is 16.6 Å². The van der Waals surface area contributed by atoms with Crippen molar-refractivity contribution in [1.82, 2.24) is 9.78 Å². The van der Waals surface area contributed by atoms with Crippen LogP contribution in [0.1, 0.15) is 66.4 Å². The predicted molar refractivity (Wildman–Crippen MR) is 76.3 cm³/mol. The van der Waals surface area contributed by atoms with E-state index in [1.165, 1.54) is 6.07 Å². The number of aromatic nitrogens is 2. The zero-order chi connectivity index (χ0) is 15.0. The summed E-state index contributed by atoms with van der Waals surface area (Å²) in [6.07, 6.45) is 3.59. The first-order chi connectivity index (χ1) is 10.1. The number of rotatable bonds is 3. The Bertz CT molecular complexity index is 657. The number of aromatic carboxylic acids is 1. The number of hydrogen-bond acceptors (Lipinski definition) is 3. The number of carboxylic acids is 1. The van der Waals surface area contributed by atoms with Gasteiger partial charge in [0.25, 0.3) is 6.43 Å². The summed E-state index contributed by atoms with van der Waals surface area (Å²) in [5.41, 5.74) is -0.294. The monoisotopic (exact) mass is 314 g/mol. The second-order valence-corrected chi connectivity index (χ2v) is 6.44. The molecule has 0 atom stereocenters. The molecule has 0 unspecified atom stereocenters. The molecule has 0 spiro atoms. The van der Waals surface area contributed by atoms with E-state index in [0.29, 0.717) is 4.83 Å². The zero-order valence-corrected chi connectivity index (χ0v) is 12.2. The highest BCUT2D eigenvalue weighted by Gasteiger charge is 2.26. The number of carboxylic acid groups (broad SMARTS) is 1. The molecule has 1 fully saturated rings. The third kappa shape index (κ3) is 2.66. The lowest BCUT2D eigenvalue weighted by atomic mass is 10.1. The lowest BCUT2D eigenvalue weighted by molar-refractivity contribution is 0.0702. The first kappa shape index (κ1) is 14.4. The van der Waals surface area contributed by atoms with Gasteiger partial charge in [-0.15, -0.1) is 11.3 Å². The molecular weight excluding hydrogens is 298 g/mol. The Kier molecular flexibility index (Phi) is 3.93. The van der Waals surface area contributed by atoms with Crippen LogP contribution in [-0.4, -0.2) is 20.9 Å². The van der Waals surface area contributed by atoms with E-state index in [1.54, 1.807) is 4.68 Å². The van der Waals surface area contributed by atoms with Crippen LogP contribution in [0, 0.1) is 0 Å². The summed E-state index contributed by atoms with van der Waals surface area (Å²) in [6, 6.07) is 1.42. The molecule has 0 aliphatic heterocycles. The van der Waals surface area contributed by atoms with Crippen molar-refractivity contribution >= 4 is 27.5 Å². The summed E-state index contributed by atoms with van der Waals surface area (Å²) in [4.78, 5) is 11.7. The molecule has 114 valence electrons. The molecule has 0 amide bonds. The predicted octanol–water partition coefficient (Wildman–Crippen LogP) is 4.63. The molecule has 3 rings (SSSR count). The number of halogens is 2. The summed E-state index contributed by atoms with van der Waals surface area (Å²) >= 11 is 1.04. The Labute approximate surface area is 124 Å². The first-order valence-corrected chi connectivity index (χ1v) is 7.93. The number of thiophene rings is 1. The summed E-state index contributed by atoms with van der Waals surface area (Å²) in [5, 5.41) is 13.5. The normalized spacial score (nSPS) is 17.5. The van der Waals surface area contributed by atoms with Crippen LogP contribution in [0.5, 0.6) is 0 Å². The molecule has 1 aliphatic rings. The molecule has 7 heteroatoms. The van der Waals surface area contributed by atoms with Crippen molar-refractivity contribution in [2.75, 3.05) is 0 Å². The van der Waals surface area contributed by atoms with Crippen molar-refractivity contribution in [3.8, 4) is 0 Å². The average molecular weight is 314 g/mol. The van der Waals surface area contributed by atoms with Gasteiger partial charge in [-0.3, -0.25) is 4.68 Å². The number of carbonyl (C=O) groups is 1. The summed E-state index contributed by atoms with van der Waals surface area (Å²) < 4.78 is 28.0. The van der Waals surface area contributed by atoms with Gasteiger partial charge in [0.05, 0.1) is 6.04 Å². The molecule has 2 aromatic heterocycles. The molecule has 1 aliphatic carbocycles. The van der Waals surface area contributed by atoms with Gasteiger partial charge in [0.2, 0.25) is 0 Å². The lowest BCUT2D eigenvalue weighted by Crippen LogP contribution is -2.09. The summed E-state index contributed by atoms with van der Waals surface area (Å²) in [5.74, 6) is -1.08. The van der Waals surface area contributed by atoms with E-state index in [4.69, 9.17) is 5.11 Å². The Morgan fingerprint density at radius 2 is 2.00 bits per heavy atom. The second-order valence-electron chi connectivity index (χ2n) is 5.41. The highest BCUT2D eigenvalue weighted by Crippen LogP contribution is 2.37. The molecule has 1 N–H and O–H groups in total. The lowest BCUT2D eigenvalue weighted by Gasteiger charge is -2.15. The van der Waals surface area contributed by atoms with Gasteiger partial charge in [0.15, 0.2) is 0 Å². The minimum absolute atomic E-state index is 0.0895. The van der Waals surface area contributed by atoms with Gasteiger partial charge in [-0.2, -0.15) is 5.10 Å². The van der Waals surface area contributed by atoms with E-state index in [1.807, 2.05) is 0 Å². The molecule has 2 aromatic rings. The number of alkyl halides is 2. The van der Waals surface area contributed by atoms with E-state index in [2.05, 4.69) is 5.10 Å². The third-order valence-corrected chi connectivity index (χ3v) is 5.11. The topological polar surface area (TPSA) is 55.1 Å². The van der Waals surface area contributed by atoms with Gasteiger partial charge in [-0.25, -0.2) is 13.6 Å². The van der Waals surface area contributed by atoms with Crippen LogP contribution in [0.25, 0.3) is 10.2 Å². The minimum Gasteiger partial charge on any atom is -0.477 e. The van der Waals surface area contributed by atoms with Crippen molar-refractivity contribution in [3.63, 3.8) is 0 Å². The number of nitrogens with zero attached hydrogens (tertiary/aromatic N) is 2. The van der Waals surface area contributed by atoms with Crippen molar-refractivity contribution in [1.29, 1.82) is 0 Å². The molecule has 0 saturated heterocycles. The highest BCUT2D eigenvalue weighted by molar-refractivity contribution is 7.20. The maximum absolute atomic E-state index is 13.1. The Morgan fingerprint density at radius 1 is 1.33 bits per heavy atom. The van der Waals surface area contributed by atoms with Crippen LogP contribution in [0.2, 0.25) is 0 Å². The largest absolute Gasteiger partial charge is 0.477 e. The highest BCUT2D eigenvalue weighted by atomic mass is 32.1. The molecule has 21 heavy (non-hydrogen) atoms. The molecule has 1 saturated carbocycles. The average Bonchev–Trinajstić information content (AvgIpc) is 2.88. The van der Waals surface area contributed by atoms with Gasteiger partial charge >= 0.3 is 5.97 Å². The van der Waals surface area contributed by atoms with Crippen LogP contribution in [0.3, 0.4) is 0 Å². The van der Waals surface area contributed by atoms with Crippen LogP contribution >= 0.6 is 11.3 Å². The Morgan fingerprint density at radius 3 is 2.57 bits per heavy atom. The van der Waals surface area contributed by atoms with Crippen molar-refractivity contribution < 1.29 is 18.7 Å². The van der Waals surface area contributed by atoms with Gasteiger partial charge in [0.1, 0.15) is 15.4 Å². The van der Waals surface area contributed by atoms with Crippen LogP contribution < -0.4 is 0 Å². The number of fused-ring (bicyclic) bond motifs is 1. The molecule has 0 bridgehead atoms. The zero-order valence-electron chi connectivity index (χ0n) is 11.4. The Hall–Kier alpha value is -1.50. The molecular formula is C14H16F2N2O2S. The quantitative estimate of drug-likeness (QED) is 0.840. The molecule has 4 nitrogen and oxygen atoms in total. The van der Waals surface area contributed by atoms with E-state index in [-0.39, 0.29) is 22.0 Å². The van der Waals surface area contributed by atoms with E-state index >= 15 is 0 Å². The fourth-order valence-corrected chi connectivity index (χ4v) is 4.00. The van der Waals surface area contributed by atoms with Crippen LogP contribution in [-0.2, 0) is 0 Å². The van der Waals surface area contributed by atoms with Gasteiger partial charge in [0, 0.05) is 5.39 Å². The first-order valence-electron chi connectivity index (χ1n) is 7.11. The molecule has 0 radical (unpaired) electrons. The Balaban J connectivity index is 2.09. The third-order valence-electron chi connectivity index (χ3n) is 4.00. The van der Waals surface area contributed by atoms with Crippen LogP contribution in [0.15, 0.2) is 6.07 Å². The van der Waals surface area contributed by atoms with Gasteiger partial charge in [-0.1, -0.05) is 25.7 Å². The van der Waals surface area contributed by atoms with E-state index < -0.39 is 12.4 Å². The van der Waals surface area contributed by atoms with Gasteiger partial charge in [-0.05, 0) is 18.9 Å². The minimum atomic E-state index is -2.68. The summed E-state index contributed by atoms with van der Waals surface area (Å²) in [7, 11) is 0. The SMILES string of the molecule is O=C(O)c1cc2c(C(F)F)nn(C3CCCCCC3)c2s1. The van der Waals surface area contributed by atoms with E-state index in [9.17, 15) is 13.6 Å². The van der Waals surface area contributed by atoms with Gasteiger partial charge < -0.3 is 5.11 Å². The number of hydrogen-bond donors (Lipinski definition) is 1. The maximum atomic E-state index is 13.1. The fraction of sp³-hybridized carbons (Fsp3) is 0.571.